The van der Waals surface area contributed by atoms with Gasteiger partial charge in [-0.1, -0.05) is 31.4 Å². The molecule has 0 amide bonds. The highest BCUT2D eigenvalue weighted by Crippen LogP contribution is 2.30. The first-order valence-corrected chi connectivity index (χ1v) is 9.36. The third kappa shape index (κ3) is 4.34. The molecule has 2 rings (SSSR count). The Morgan fingerprint density at radius 1 is 1.29 bits per heavy atom. The molecule has 0 bridgehead atoms. The third-order valence-electron chi connectivity index (χ3n) is 4.11. The minimum atomic E-state index is -3.60. The molecule has 0 radical (unpaired) electrons. The molecule has 1 aromatic carbocycles. The second-order valence-electron chi connectivity index (χ2n) is 5.82. The van der Waals surface area contributed by atoms with E-state index in [0.29, 0.717) is 5.69 Å². The van der Waals surface area contributed by atoms with E-state index in [-0.39, 0.29) is 16.0 Å². The van der Waals surface area contributed by atoms with Crippen molar-refractivity contribution in [2.45, 2.75) is 56.4 Å². The number of nitrogens with two attached hydrogens (primary N) is 1. The lowest BCUT2D eigenvalue weighted by Gasteiger charge is -2.28. The van der Waals surface area contributed by atoms with Gasteiger partial charge in [0.05, 0.1) is 5.02 Å². The zero-order chi connectivity index (χ0) is 15.5. The molecule has 118 valence electrons. The fourth-order valence-electron chi connectivity index (χ4n) is 2.99. The van der Waals surface area contributed by atoms with Crippen molar-refractivity contribution in [1.82, 2.24) is 4.72 Å². The maximum absolute atomic E-state index is 12.4. The normalized spacial score (nSPS) is 23.1. The molecule has 0 aliphatic heterocycles. The molecule has 0 aromatic heterocycles. The molecule has 0 saturated heterocycles. The largest absolute Gasteiger partial charge is 0.399 e. The molecule has 4 nitrogen and oxygen atoms in total. The topological polar surface area (TPSA) is 72.2 Å². The van der Waals surface area contributed by atoms with E-state index in [1.54, 1.807) is 6.07 Å². The summed E-state index contributed by atoms with van der Waals surface area (Å²) in [6.07, 6.45) is 6.39. The predicted octanol–water partition coefficient (Wildman–Crippen LogP) is 3.56. The Hall–Kier alpha value is -0.780. The lowest BCUT2D eigenvalue weighted by molar-refractivity contribution is 0.297. The van der Waals surface area contributed by atoms with Gasteiger partial charge in [-0.3, -0.25) is 0 Å². The number of hydrogen-bond donors (Lipinski definition) is 2. The lowest BCUT2D eigenvalue weighted by Crippen LogP contribution is -2.37. The summed E-state index contributed by atoms with van der Waals surface area (Å²) in [5.41, 5.74) is 6.05. The van der Waals surface area contributed by atoms with Crippen LogP contribution in [0.4, 0.5) is 5.69 Å². The zero-order valence-electron chi connectivity index (χ0n) is 12.3. The molecule has 0 unspecified atom stereocenters. The number of anilines is 1. The van der Waals surface area contributed by atoms with E-state index in [1.165, 1.54) is 25.0 Å². The Kier molecular flexibility index (Phi) is 5.52. The van der Waals surface area contributed by atoms with Gasteiger partial charge in [-0.15, -0.1) is 0 Å². The maximum atomic E-state index is 12.4. The first-order chi connectivity index (χ1) is 9.92. The second kappa shape index (κ2) is 6.99. The molecule has 1 aromatic rings. The minimum Gasteiger partial charge on any atom is -0.399 e. The summed E-state index contributed by atoms with van der Waals surface area (Å²) in [5, 5.41) is 0.205. The van der Waals surface area contributed by atoms with Crippen molar-refractivity contribution in [2.75, 3.05) is 5.73 Å². The van der Waals surface area contributed by atoms with Crippen molar-refractivity contribution >= 4 is 27.3 Å². The Morgan fingerprint density at radius 3 is 2.57 bits per heavy atom. The summed E-state index contributed by atoms with van der Waals surface area (Å²) in [5.74, 6) is 0.742. The molecule has 21 heavy (non-hydrogen) atoms. The summed E-state index contributed by atoms with van der Waals surface area (Å²) < 4.78 is 27.6. The molecular weight excluding hydrogens is 308 g/mol. The molecule has 1 fully saturated rings. The summed E-state index contributed by atoms with van der Waals surface area (Å²) >= 11 is 5.99. The molecule has 0 atom stereocenters. The van der Waals surface area contributed by atoms with Crippen LogP contribution in [0.1, 0.15) is 45.4 Å². The number of nitrogen functional groups attached to an aromatic ring is 1. The fraction of sp³-hybridized carbons (Fsp3) is 0.600. The Labute approximate surface area is 132 Å². The quantitative estimate of drug-likeness (QED) is 0.811. The minimum absolute atomic E-state index is 0.000559. The van der Waals surface area contributed by atoms with E-state index < -0.39 is 10.0 Å². The molecule has 1 aliphatic carbocycles. The third-order valence-corrected chi connectivity index (χ3v) is 6.11. The Balaban J connectivity index is 2.04. The van der Waals surface area contributed by atoms with Crippen LogP contribution in [0.15, 0.2) is 23.1 Å². The monoisotopic (exact) mass is 330 g/mol. The first kappa shape index (κ1) is 16.6. The van der Waals surface area contributed by atoms with Crippen LogP contribution >= 0.6 is 11.6 Å². The van der Waals surface area contributed by atoms with Gasteiger partial charge in [-0.05, 0) is 49.8 Å². The van der Waals surface area contributed by atoms with Gasteiger partial charge in [-0.2, -0.15) is 0 Å². The zero-order valence-corrected chi connectivity index (χ0v) is 13.9. The number of nitrogens with one attached hydrogen (secondary N) is 1. The highest BCUT2D eigenvalue weighted by molar-refractivity contribution is 7.89. The molecule has 1 aliphatic rings. The number of sulfonamides is 1. The van der Waals surface area contributed by atoms with E-state index in [2.05, 4.69) is 11.6 Å². The molecule has 1 saturated carbocycles. The average Bonchev–Trinajstić information content (AvgIpc) is 2.43. The number of benzene rings is 1. The molecule has 0 heterocycles. The standard InChI is InChI=1S/C15H23ClN2O2S/c1-2-3-11-4-7-13(8-5-11)18-21(19,20)15-10-12(17)6-9-14(15)16/h6,9-11,13,18H,2-5,7-8,17H2,1H3. The first-order valence-electron chi connectivity index (χ1n) is 7.49. The van der Waals surface area contributed by atoms with Gasteiger partial charge >= 0.3 is 0 Å². The van der Waals surface area contributed by atoms with Crippen LogP contribution in [0.5, 0.6) is 0 Å². The summed E-state index contributed by atoms with van der Waals surface area (Å²) in [6, 6.07) is 4.52. The van der Waals surface area contributed by atoms with Crippen LogP contribution in [0.25, 0.3) is 0 Å². The van der Waals surface area contributed by atoms with Crippen LogP contribution in [0, 0.1) is 5.92 Å². The van der Waals surface area contributed by atoms with Gasteiger partial charge in [0, 0.05) is 11.7 Å². The van der Waals surface area contributed by atoms with Gasteiger partial charge in [-0.25, -0.2) is 13.1 Å². The van der Waals surface area contributed by atoms with Crippen molar-refractivity contribution in [3.05, 3.63) is 23.2 Å². The Morgan fingerprint density at radius 2 is 1.95 bits per heavy atom. The van der Waals surface area contributed by atoms with Crippen molar-refractivity contribution in [1.29, 1.82) is 0 Å². The van der Waals surface area contributed by atoms with Crippen molar-refractivity contribution in [3.8, 4) is 0 Å². The number of halogens is 1. The summed E-state index contributed by atoms with van der Waals surface area (Å²) in [7, 11) is -3.60. The van der Waals surface area contributed by atoms with E-state index in [1.807, 2.05) is 0 Å². The smallest absolute Gasteiger partial charge is 0.242 e. The van der Waals surface area contributed by atoms with E-state index in [0.717, 1.165) is 31.6 Å². The SMILES string of the molecule is CCCC1CCC(NS(=O)(=O)c2cc(N)ccc2Cl)CC1. The molecule has 0 spiro atoms. The van der Waals surface area contributed by atoms with E-state index >= 15 is 0 Å². The number of rotatable bonds is 5. The second-order valence-corrected chi connectivity index (χ2v) is 7.91. The van der Waals surface area contributed by atoms with Crippen LogP contribution in [0.2, 0.25) is 5.02 Å². The molecule has 3 N–H and O–H groups in total. The predicted molar refractivity (Wildman–Crippen MR) is 86.8 cm³/mol. The van der Waals surface area contributed by atoms with Crippen LogP contribution < -0.4 is 10.5 Å². The van der Waals surface area contributed by atoms with Gasteiger partial charge in [0.1, 0.15) is 4.90 Å². The van der Waals surface area contributed by atoms with Gasteiger partial charge < -0.3 is 5.73 Å². The maximum Gasteiger partial charge on any atom is 0.242 e. The van der Waals surface area contributed by atoms with E-state index in [9.17, 15) is 8.42 Å². The fourth-order valence-corrected chi connectivity index (χ4v) is 4.83. The van der Waals surface area contributed by atoms with Crippen molar-refractivity contribution < 1.29 is 8.42 Å². The van der Waals surface area contributed by atoms with Crippen LogP contribution in [-0.4, -0.2) is 14.5 Å². The molecular formula is C15H23ClN2O2S. The van der Waals surface area contributed by atoms with E-state index in [4.69, 9.17) is 17.3 Å². The Bertz CT molecular complexity index is 581. The molecule has 6 heteroatoms. The average molecular weight is 331 g/mol. The van der Waals surface area contributed by atoms with Crippen LogP contribution in [-0.2, 0) is 10.0 Å². The van der Waals surface area contributed by atoms with Crippen LogP contribution in [0.3, 0.4) is 0 Å². The van der Waals surface area contributed by atoms with Crippen molar-refractivity contribution in [2.24, 2.45) is 5.92 Å². The highest BCUT2D eigenvalue weighted by Gasteiger charge is 2.26. The lowest BCUT2D eigenvalue weighted by atomic mass is 9.84. The number of hydrogen-bond acceptors (Lipinski definition) is 3. The van der Waals surface area contributed by atoms with Gasteiger partial charge in [0.25, 0.3) is 0 Å². The highest BCUT2D eigenvalue weighted by atomic mass is 35.5. The van der Waals surface area contributed by atoms with Crippen molar-refractivity contribution in [3.63, 3.8) is 0 Å². The summed E-state index contributed by atoms with van der Waals surface area (Å²) in [6.45, 7) is 2.19. The summed E-state index contributed by atoms with van der Waals surface area (Å²) in [4.78, 5) is 0.0693. The van der Waals surface area contributed by atoms with Gasteiger partial charge in [0.2, 0.25) is 10.0 Å². The van der Waals surface area contributed by atoms with Gasteiger partial charge in [0.15, 0.2) is 0 Å².